The van der Waals surface area contributed by atoms with Gasteiger partial charge in [-0.05, 0) is 63.4 Å². The van der Waals surface area contributed by atoms with Crippen LogP contribution in [0.1, 0.15) is 49.1 Å². The standard InChI is InChI=1S/C28H33N3O4/c1-8-17-31(23(32)18-29-27(34)35-28(5,6)7)25(22-15-13-21(9-2)14-16-22)26(33)30-24-19(3)11-10-12-20(24)4/h2,8,10-16,25H,1,17-18H2,3-7H3,(H,29,34)(H,30,33). The minimum atomic E-state index is -0.994. The van der Waals surface area contributed by atoms with E-state index in [4.69, 9.17) is 11.2 Å². The van der Waals surface area contributed by atoms with Gasteiger partial charge in [-0.2, -0.15) is 0 Å². The second-order valence-electron chi connectivity index (χ2n) is 9.12. The summed E-state index contributed by atoms with van der Waals surface area (Å²) in [5, 5.41) is 5.44. The molecule has 0 aliphatic rings. The highest BCUT2D eigenvalue weighted by Crippen LogP contribution is 2.26. The number of hydrogen-bond acceptors (Lipinski definition) is 4. The van der Waals surface area contributed by atoms with E-state index in [0.717, 1.165) is 11.1 Å². The van der Waals surface area contributed by atoms with E-state index in [1.54, 1.807) is 45.0 Å². The molecule has 0 spiro atoms. The number of aryl methyl sites for hydroxylation is 2. The van der Waals surface area contributed by atoms with Crippen LogP contribution in [0.3, 0.4) is 0 Å². The SMILES string of the molecule is C#Cc1ccc(C(C(=O)Nc2c(C)cccc2C)N(CC=C)C(=O)CNC(=O)OC(C)(C)C)cc1. The zero-order valence-corrected chi connectivity index (χ0v) is 21.0. The Morgan fingerprint density at radius 2 is 1.71 bits per heavy atom. The number of anilines is 1. The molecule has 2 aromatic rings. The summed E-state index contributed by atoms with van der Waals surface area (Å²) in [5.74, 6) is 1.67. The van der Waals surface area contributed by atoms with Crippen molar-refractivity contribution < 1.29 is 19.1 Å². The number of para-hydroxylation sites is 1. The predicted molar refractivity (Wildman–Crippen MR) is 138 cm³/mol. The van der Waals surface area contributed by atoms with Crippen LogP contribution >= 0.6 is 0 Å². The Morgan fingerprint density at radius 3 is 2.23 bits per heavy atom. The number of hydrogen-bond donors (Lipinski definition) is 2. The zero-order chi connectivity index (χ0) is 26.2. The molecule has 2 N–H and O–H groups in total. The van der Waals surface area contributed by atoms with E-state index in [-0.39, 0.29) is 13.1 Å². The normalized spacial score (nSPS) is 11.5. The number of amides is 3. The minimum absolute atomic E-state index is 0.0799. The van der Waals surface area contributed by atoms with Gasteiger partial charge in [0.05, 0.1) is 0 Å². The van der Waals surface area contributed by atoms with Crippen molar-refractivity contribution in [1.82, 2.24) is 10.2 Å². The summed E-state index contributed by atoms with van der Waals surface area (Å²) in [6.07, 6.45) is 6.28. The summed E-state index contributed by atoms with van der Waals surface area (Å²) in [7, 11) is 0. The van der Waals surface area contributed by atoms with Crippen LogP contribution in [0.2, 0.25) is 0 Å². The van der Waals surface area contributed by atoms with Crippen molar-refractivity contribution in [2.24, 2.45) is 0 Å². The van der Waals surface area contributed by atoms with Gasteiger partial charge in [0.1, 0.15) is 18.2 Å². The first kappa shape index (κ1) is 27.2. The van der Waals surface area contributed by atoms with E-state index in [1.807, 2.05) is 32.0 Å². The second-order valence-corrected chi connectivity index (χ2v) is 9.12. The maximum atomic E-state index is 13.6. The highest BCUT2D eigenvalue weighted by atomic mass is 16.6. The molecule has 0 radical (unpaired) electrons. The van der Waals surface area contributed by atoms with Gasteiger partial charge in [-0.15, -0.1) is 13.0 Å². The van der Waals surface area contributed by atoms with Crippen LogP contribution in [0.25, 0.3) is 0 Å². The quantitative estimate of drug-likeness (QED) is 0.435. The van der Waals surface area contributed by atoms with Crippen LogP contribution in [0.4, 0.5) is 10.5 Å². The summed E-state index contributed by atoms with van der Waals surface area (Å²) < 4.78 is 5.21. The number of ether oxygens (including phenoxy) is 1. The number of carbonyl (C=O) groups excluding carboxylic acids is 3. The fourth-order valence-corrected chi connectivity index (χ4v) is 3.49. The first-order valence-electron chi connectivity index (χ1n) is 11.3. The molecule has 7 heteroatoms. The number of alkyl carbamates (subject to hydrolysis) is 1. The molecule has 0 aliphatic heterocycles. The average Bonchev–Trinajstić information content (AvgIpc) is 2.79. The molecule has 2 rings (SSSR count). The van der Waals surface area contributed by atoms with Gasteiger partial charge in [-0.3, -0.25) is 9.59 Å². The van der Waals surface area contributed by atoms with Crippen LogP contribution in [0.5, 0.6) is 0 Å². The Kier molecular flexibility index (Phi) is 9.24. The molecule has 184 valence electrons. The van der Waals surface area contributed by atoms with Gasteiger partial charge in [0.2, 0.25) is 5.91 Å². The van der Waals surface area contributed by atoms with Crippen molar-refractivity contribution in [3.63, 3.8) is 0 Å². The Balaban J connectivity index is 2.40. The molecule has 2 aromatic carbocycles. The summed E-state index contributed by atoms with van der Waals surface area (Å²) >= 11 is 0. The molecule has 7 nitrogen and oxygen atoms in total. The Morgan fingerprint density at radius 1 is 1.11 bits per heavy atom. The third-order valence-electron chi connectivity index (χ3n) is 5.11. The van der Waals surface area contributed by atoms with E-state index >= 15 is 0 Å². The van der Waals surface area contributed by atoms with Gasteiger partial charge >= 0.3 is 6.09 Å². The molecule has 1 atom stereocenters. The van der Waals surface area contributed by atoms with Gasteiger partial charge in [-0.1, -0.05) is 42.3 Å². The number of nitrogens with one attached hydrogen (secondary N) is 2. The van der Waals surface area contributed by atoms with E-state index in [0.29, 0.717) is 16.8 Å². The minimum Gasteiger partial charge on any atom is -0.444 e. The fraction of sp³-hybridized carbons (Fsp3) is 0.321. The van der Waals surface area contributed by atoms with Crippen LogP contribution in [-0.4, -0.2) is 41.5 Å². The molecular weight excluding hydrogens is 442 g/mol. The number of benzene rings is 2. The van der Waals surface area contributed by atoms with Gasteiger partial charge in [0.25, 0.3) is 5.91 Å². The van der Waals surface area contributed by atoms with E-state index in [1.165, 1.54) is 11.0 Å². The largest absolute Gasteiger partial charge is 0.444 e. The number of rotatable bonds is 8. The predicted octanol–water partition coefficient (Wildman–Crippen LogP) is 4.50. The Bertz CT molecular complexity index is 1100. The van der Waals surface area contributed by atoms with Crippen LogP contribution < -0.4 is 10.6 Å². The van der Waals surface area contributed by atoms with Crippen LogP contribution in [0.15, 0.2) is 55.1 Å². The lowest BCUT2D eigenvalue weighted by Gasteiger charge is -2.31. The van der Waals surface area contributed by atoms with Crippen LogP contribution in [0, 0.1) is 26.2 Å². The fourth-order valence-electron chi connectivity index (χ4n) is 3.49. The lowest BCUT2D eigenvalue weighted by molar-refractivity contribution is -0.137. The molecule has 0 aliphatic carbocycles. The van der Waals surface area contributed by atoms with E-state index in [2.05, 4.69) is 23.1 Å². The van der Waals surface area contributed by atoms with E-state index < -0.39 is 29.6 Å². The molecule has 0 aromatic heterocycles. The molecule has 1 unspecified atom stereocenters. The van der Waals surface area contributed by atoms with Crippen molar-refractivity contribution in [2.45, 2.75) is 46.3 Å². The lowest BCUT2D eigenvalue weighted by atomic mass is 10.0. The van der Waals surface area contributed by atoms with Gasteiger partial charge in [0, 0.05) is 17.8 Å². The molecule has 35 heavy (non-hydrogen) atoms. The first-order chi connectivity index (χ1) is 16.5. The monoisotopic (exact) mass is 475 g/mol. The molecule has 0 heterocycles. The van der Waals surface area contributed by atoms with Crippen molar-refractivity contribution >= 4 is 23.6 Å². The zero-order valence-electron chi connectivity index (χ0n) is 21.0. The van der Waals surface area contributed by atoms with E-state index in [9.17, 15) is 14.4 Å². The number of carbonyl (C=O) groups is 3. The maximum absolute atomic E-state index is 13.6. The highest BCUT2D eigenvalue weighted by Gasteiger charge is 2.31. The molecule has 0 bridgehead atoms. The summed E-state index contributed by atoms with van der Waals surface area (Å²) in [6, 6.07) is 11.6. The first-order valence-corrected chi connectivity index (χ1v) is 11.3. The number of nitrogens with zero attached hydrogens (tertiary/aromatic N) is 1. The van der Waals surface area contributed by atoms with Crippen molar-refractivity contribution in [3.8, 4) is 12.3 Å². The topological polar surface area (TPSA) is 87.7 Å². The summed E-state index contributed by atoms with van der Waals surface area (Å²) in [5.41, 5.74) is 2.98. The summed E-state index contributed by atoms with van der Waals surface area (Å²) in [6.45, 7) is 12.5. The molecular formula is C28H33N3O4. The van der Waals surface area contributed by atoms with Crippen LogP contribution in [-0.2, 0) is 14.3 Å². The van der Waals surface area contributed by atoms with Gasteiger partial charge < -0.3 is 20.3 Å². The molecule has 0 saturated heterocycles. The van der Waals surface area contributed by atoms with Crippen molar-refractivity contribution in [3.05, 3.63) is 77.4 Å². The second kappa shape index (κ2) is 11.9. The highest BCUT2D eigenvalue weighted by molar-refractivity contribution is 5.99. The maximum Gasteiger partial charge on any atom is 0.408 e. The lowest BCUT2D eigenvalue weighted by Crippen LogP contribution is -2.46. The smallest absolute Gasteiger partial charge is 0.408 e. The molecule has 3 amide bonds. The third-order valence-corrected chi connectivity index (χ3v) is 5.11. The number of terminal acetylenes is 1. The van der Waals surface area contributed by atoms with Crippen molar-refractivity contribution in [1.29, 1.82) is 0 Å². The molecule has 0 saturated carbocycles. The Labute approximate surface area is 207 Å². The third kappa shape index (κ3) is 7.75. The Hall–Kier alpha value is -4.05. The van der Waals surface area contributed by atoms with Gasteiger partial charge in [-0.25, -0.2) is 4.79 Å². The molecule has 0 fully saturated rings. The average molecular weight is 476 g/mol. The van der Waals surface area contributed by atoms with Crippen molar-refractivity contribution in [2.75, 3.05) is 18.4 Å². The van der Waals surface area contributed by atoms with Gasteiger partial charge in [0.15, 0.2) is 0 Å². The summed E-state index contributed by atoms with van der Waals surface area (Å²) in [4.78, 5) is 40.3.